The molecule has 1 fully saturated rings. The lowest BCUT2D eigenvalue weighted by molar-refractivity contribution is -0.138. The van der Waals surface area contributed by atoms with Gasteiger partial charge in [0.15, 0.2) is 0 Å². The van der Waals surface area contributed by atoms with Gasteiger partial charge in [-0.2, -0.15) is 13.2 Å². The minimum atomic E-state index is -4.40. The summed E-state index contributed by atoms with van der Waals surface area (Å²) in [5.74, 6) is 0. The number of rotatable bonds is 5. The monoisotopic (exact) mass is 452 g/mol. The van der Waals surface area contributed by atoms with E-state index in [1.54, 1.807) is 6.07 Å². The number of aliphatic hydroxyl groups excluding tert-OH is 1. The Hall–Kier alpha value is -2.29. The summed E-state index contributed by atoms with van der Waals surface area (Å²) < 4.78 is 39.8. The van der Waals surface area contributed by atoms with Crippen molar-refractivity contribution < 1.29 is 18.3 Å². The Kier molecular flexibility index (Phi) is 8.95. The van der Waals surface area contributed by atoms with E-state index in [1.807, 2.05) is 46.3 Å². The molecule has 2 unspecified atom stereocenters. The van der Waals surface area contributed by atoms with Crippen LogP contribution in [0.5, 0.6) is 0 Å². The molecule has 5 nitrogen and oxygen atoms in total. The van der Waals surface area contributed by atoms with Crippen LogP contribution in [0.2, 0.25) is 0 Å². The molecule has 4 N–H and O–H groups in total. The highest BCUT2D eigenvalue weighted by molar-refractivity contribution is 5.58. The van der Waals surface area contributed by atoms with Crippen LogP contribution in [0, 0.1) is 6.92 Å². The maximum atomic E-state index is 13.3. The third kappa shape index (κ3) is 7.12. The van der Waals surface area contributed by atoms with Gasteiger partial charge in [0.25, 0.3) is 0 Å². The maximum absolute atomic E-state index is 13.3. The van der Waals surface area contributed by atoms with Crippen LogP contribution in [-0.2, 0) is 12.7 Å². The topological polar surface area (TPSA) is 64.8 Å². The standard InChI is InChI=1S/C16H23F3N2O.C8H12N2/c1-11(22)12-4-5-13(15(8-12)16(17,18)19)9-21-7-6-14(10-21)20(2)3;1-6-3-4-7(10-2)5-8(6)9/h4-5,8,11,14,22H,6-7,9-10H2,1-3H3;3-5,10H,9H2,1-2H3. The predicted molar refractivity (Wildman–Crippen MR) is 125 cm³/mol. The fourth-order valence-electron chi connectivity index (χ4n) is 3.67. The molecule has 1 saturated heterocycles. The molecule has 2 aromatic carbocycles. The first-order valence-corrected chi connectivity index (χ1v) is 10.7. The Morgan fingerprint density at radius 1 is 1.22 bits per heavy atom. The Morgan fingerprint density at radius 2 is 1.91 bits per heavy atom. The number of hydrogen-bond acceptors (Lipinski definition) is 5. The number of nitrogens with two attached hydrogens (primary N) is 1. The van der Waals surface area contributed by atoms with Gasteiger partial charge in [0, 0.05) is 44.1 Å². The van der Waals surface area contributed by atoms with Gasteiger partial charge >= 0.3 is 6.18 Å². The number of hydrogen-bond donors (Lipinski definition) is 3. The number of nitrogen functional groups attached to an aromatic ring is 1. The summed E-state index contributed by atoms with van der Waals surface area (Å²) in [7, 11) is 5.86. The van der Waals surface area contributed by atoms with Gasteiger partial charge in [-0.15, -0.1) is 0 Å². The molecule has 0 aliphatic carbocycles. The van der Waals surface area contributed by atoms with Crippen molar-refractivity contribution in [3.63, 3.8) is 0 Å². The molecular formula is C24H35F3N4O. The summed E-state index contributed by atoms with van der Waals surface area (Å²) in [6, 6.07) is 10.5. The zero-order valence-corrected chi connectivity index (χ0v) is 19.5. The molecule has 0 radical (unpaired) electrons. The molecule has 2 aromatic rings. The normalized spacial score (nSPS) is 17.8. The smallest absolute Gasteiger partial charge is 0.398 e. The summed E-state index contributed by atoms with van der Waals surface area (Å²) in [5, 5.41) is 12.5. The Morgan fingerprint density at radius 3 is 2.41 bits per heavy atom. The summed E-state index contributed by atoms with van der Waals surface area (Å²) >= 11 is 0. The highest BCUT2D eigenvalue weighted by atomic mass is 19.4. The van der Waals surface area contributed by atoms with Gasteiger partial charge in [0.1, 0.15) is 0 Å². The Bertz CT molecular complexity index is 884. The van der Waals surface area contributed by atoms with Gasteiger partial charge in [-0.1, -0.05) is 18.2 Å². The van der Waals surface area contributed by atoms with E-state index < -0.39 is 17.8 Å². The van der Waals surface area contributed by atoms with Crippen molar-refractivity contribution in [2.75, 3.05) is 45.3 Å². The van der Waals surface area contributed by atoms with Crippen LogP contribution in [0.1, 0.15) is 41.7 Å². The molecule has 3 rings (SSSR count). The van der Waals surface area contributed by atoms with Crippen LogP contribution in [0.4, 0.5) is 24.5 Å². The molecule has 32 heavy (non-hydrogen) atoms. The number of likely N-dealkylation sites (N-methyl/N-ethyl adjacent to an activating group) is 1. The largest absolute Gasteiger partial charge is 0.416 e. The van der Waals surface area contributed by atoms with E-state index in [4.69, 9.17) is 5.73 Å². The average Bonchev–Trinajstić information content (AvgIpc) is 3.19. The summed E-state index contributed by atoms with van der Waals surface area (Å²) in [6.45, 7) is 5.34. The second-order valence-corrected chi connectivity index (χ2v) is 8.55. The molecule has 0 amide bonds. The van der Waals surface area contributed by atoms with Crippen molar-refractivity contribution in [2.24, 2.45) is 0 Å². The summed E-state index contributed by atoms with van der Waals surface area (Å²) in [6.07, 6.45) is -4.33. The van der Waals surface area contributed by atoms with Crippen LogP contribution in [-0.4, -0.2) is 55.2 Å². The average molecular weight is 453 g/mol. The molecule has 1 aliphatic heterocycles. The van der Waals surface area contributed by atoms with Gasteiger partial charge in [-0.25, -0.2) is 0 Å². The van der Waals surface area contributed by atoms with Gasteiger partial charge in [-0.3, -0.25) is 4.90 Å². The number of likely N-dealkylation sites (tertiary alicyclic amines) is 1. The fraction of sp³-hybridized carbons (Fsp3) is 0.500. The second kappa shape index (κ2) is 11.0. The van der Waals surface area contributed by atoms with Crippen LogP contribution >= 0.6 is 0 Å². The first kappa shape index (κ1) is 26.0. The van der Waals surface area contributed by atoms with Gasteiger partial charge in [-0.05, 0) is 69.3 Å². The number of nitrogens with one attached hydrogen (secondary N) is 1. The van der Waals surface area contributed by atoms with Crippen LogP contribution in [0.3, 0.4) is 0 Å². The Labute approximate surface area is 189 Å². The van der Waals surface area contributed by atoms with E-state index in [9.17, 15) is 18.3 Å². The number of aryl methyl sites for hydroxylation is 1. The molecule has 1 heterocycles. The third-order valence-electron chi connectivity index (χ3n) is 5.86. The van der Waals surface area contributed by atoms with Crippen LogP contribution in [0.25, 0.3) is 0 Å². The van der Waals surface area contributed by atoms with Crippen molar-refractivity contribution in [1.82, 2.24) is 9.80 Å². The first-order chi connectivity index (χ1) is 14.9. The molecule has 0 aromatic heterocycles. The molecule has 178 valence electrons. The van der Waals surface area contributed by atoms with E-state index in [2.05, 4.69) is 15.1 Å². The lowest BCUT2D eigenvalue weighted by Gasteiger charge is -2.22. The molecule has 2 atom stereocenters. The lowest BCUT2D eigenvalue weighted by Crippen LogP contribution is -2.31. The number of anilines is 2. The minimum absolute atomic E-state index is 0.274. The van der Waals surface area contributed by atoms with E-state index in [0.29, 0.717) is 18.2 Å². The summed E-state index contributed by atoms with van der Waals surface area (Å²) in [4.78, 5) is 4.17. The van der Waals surface area contributed by atoms with E-state index in [1.165, 1.54) is 13.0 Å². The minimum Gasteiger partial charge on any atom is -0.398 e. The van der Waals surface area contributed by atoms with Crippen molar-refractivity contribution in [1.29, 1.82) is 0 Å². The number of alkyl halides is 3. The van der Waals surface area contributed by atoms with Gasteiger partial charge in [0.2, 0.25) is 0 Å². The molecule has 0 bridgehead atoms. The number of halogens is 3. The molecule has 0 spiro atoms. The van der Waals surface area contributed by atoms with Crippen LogP contribution < -0.4 is 11.1 Å². The number of benzene rings is 2. The number of nitrogens with zero attached hydrogens (tertiary/aromatic N) is 2. The van der Waals surface area contributed by atoms with Crippen molar-refractivity contribution in [3.05, 3.63) is 58.7 Å². The highest BCUT2D eigenvalue weighted by Gasteiger charge is 2.35. The molecular weight excluding hydrogens is 417 g/mol. The quantitative estimate of drug-likeness (QED) is 0.583. The van der Waals surface area contributed by atoms with Crippen molar-refractivity contribution in [2.45, 2.75) is 45.1 Å². The van der Waals surface area contributed by atoms with E-state index >= 15 is 0 Å². The molecule has 8 heteroatoms. The van der Waals surface area contributed by atoms with Crippen molar-refractivity contribution >= 4 is 11.4 Å². The predicted octanol–water partition coefficient (Wildman–Crippen LogP) is 4.51. The highest BCUT2D eigenvalue weighted by Crippen LogP contribution is 2.35. The first-order valence-electron chi connectivity index (χ1n) is 10.7. The van der Waals surface area contributed by atoms with E-state index in [0.717, 1.165) is 42.5 Å². The fourth-order valence-corrected chi connectivity index (χ4v) is 3.67. The maximum Gasteiger partial charge on any atom is 0.416 e. The van der Waals surface area contributed by atoms with Gasteiger partial charge in [0.05, 0.1) is 11.7 Å². The number of aliphatic hydroxyl groups is 1. The zero-order chi connectivity index (χ0) is 24.1. The Balaban J connectivity index is 0.000000303. The second-order valence-electron chi connectivity index (χ2n) is 8.55. The summed E-state index contributed by atoms with van der Waals surface area (Å²) in [5.41, 5.74) is 8.61. The molecule has 1 aliphatic rings. The zero-order valence-electron chi connectivity index (χ0n) is 19.5. The third-order valence-corrected chi connectivity index (χ3v) is 5.86. The lowest BCUT2D eigenvalue weighted by atomic mass is 10.0. The van der Waals surface area contributed by atoms with Crippen LogP contribution in [0.15, 0.2) is 36.4 Å². The molecule has 0 saturated carbocycles. The van der Waals surface area contributed by atoms with Gasteiger partial charge < -0.3 is 21.1 Å². The van der Waals surface area contributed by atoms with Crippen molar-refractivity contribution in [3.8, 4) is 0 Å². The van der Waals surface area contributed by atoms with E-state index in [-0.39, 0.29) is 5.56 Å². The SMILES string of the molecule is CC(O)c1ccc(CN2CCC(N(C)C)C2)c(C(F)(F)F)c1.CNc1ccc(C)c(N)c1.